The topological polar surface area (TPSA) is 18.5 Å². The van der Waals surface area contributed by atoms with Crippen LogP contribution in [-0.2, 0) is 15.9 Å². The second kappa shape index (κ2) is 4.60. The van der Waals surface area contributed by atoms with Crippen molar-refractivity contribution in [3.8, 4) is 0 Å². The van der Waals surface area contributed by atoms with E-state index in [0.717, 1.165) is 17.6 Å². The second-order valence-corrected chi connectivity index (χ2v) is 3.91. The first kappa shape index (κ1) is 10.4. The number of hydrogen-bond acceptors (Lipinski definition) is 2. The van der Waals surface area contributed by atoms with Crippen molar-refractivity contribution in [3.05, 3.63) is 47.5 Å². The molecule has 1 fully saturated rings. The highest BCUT2D eigenvalue weighted by atomic mass is 16.7. The highest BCUT2D eigenvalue weighted by molar-refractivity contribution is 5.31. The van der Waals surface area contributed by atoms with Crippen LogP contribution in [0.3, 0.4) is 0 Å². The molecule has 0 amide bonds. The summed E-state index contributed by atoms with van der Waals surface area (Å²) in [6.07, 6.45) is 0.708. The van der Waals surface area contributed by atoms with Crippen LogP contribution in [0.4, 0.5) is 0 Å². The maximum Gasteiger partial charge on any atom is 0.184 e. The SMILES string of the molecule is C=C(C)Cc1ccccc1C1OCCO1. The van der Waals surface area contributed by atoms with Gasteiger partial charge in [0.2, 0.25) is 0 Å². The maximum absolute atomic E-state index is 5.51. The van der Waals surface area contributed by atoms with Crippen LogP contribution < -0.4 is 0 Å². The summed E-state index contributed by atoms with van der Waals surface area (Å²) in [5.74, 6) is 0. The second-order valence-electron chi connectivity index (χ2n) is 3.91. The molecule has 80 valence electrons. The van der Waals surface area contributed by atoms with Crippen molar-refractivity contribution < 1.29 is 9.47 Å². The molecule has 2 nitrogen and oxygen atoms in total. The molecule has 0 saturated carbocycles. The summed E-state index contributed by atoms with van der Waals surface area (Å²) in [6.45, 7) is 7.34. The summed E-state index contributed by atoms with van der Waals surface area (Å²) in [7, 11) is 0. The Bertz CT molecular complexity index is 351. The predicted octanol–water partition coefficient (Wildman–Crippen LogP) is 2.85. The molecular weight excluding hydrogens is 188 g/mol. The van der Waals surface area contributed by atoms with Crippen molar-refractivity contribution in [2.24, 2.45) is 0 Å². The van der Waals surface area contributed by atoms with Crippen molar-refractivity contribution in [3.63, 3.8) is 0 Å². The minimum absolute atomic E-state index is 0.180. The lowest BCUT2D eigenvalue weighted by molar-refractivity contribution is -0.0446. The molecule has 1 aliphatic heterocycles. The Morgan fingerprint density at radius 3 is 2.67 bits per heavy atom. The van der Waals surface area contributed by atoms with Crippen molar-refractivity contribution in [2.75, 3.05) is 13.2 Å². The van der Waals surface area contributed by atoms with E-state index in [1.807, 2.05) is 19.1 Å². The fourth-order valence-electron chi connectivity index (χ4n) is 1.79. The number of benzene rings is 1. The Morgan fingerprint density at radius 2 is 2.00 bits per heavy atom. The number of hydrogen-bond donors (Lipinski definition) is 0. The fourth-order valence-corrected chi connectivity index (χ4v) is 1.79. The third kappa shape index (κ3) is 2.46. The van der Waals surface area contributed by atoms with E-state index in [2.05, 4.69) is 18.7 Å². The summed E-state index contributed by atoms with van der Waals surface area (Å²) in [6, 6.07) is 8.22. The summed E-state index contributed by atoms with van der Waals surface area (Å²) in [4.78, 5) is 0. The van der Waals surface area contributed by atoms with Gasteiger partial charge in [0, 0.05) is 5.56 Å². The number of rotatable bonds is 3. The van der Waals surface area contributed by atoms with Gasteiger partial charge in [0.15, 0.2) is 6.29 Å². The first-order valence-electron chi connectivity index (χ1n) is 5.23. The van der Waals surface area contributed by atoms with E-state index < -0.39 is 0 Å². The number of ether oxygens (including phenoxy) is 2. The van der Waals surface area contributed by atoms with E-state index in [9.17, 15) is 0 Å². The molecule has 1 aromatic rings. The normalized spacial score (nSPS) is 16.9. The van der Waals surface area contributed by atoms with Crippen LogP contribution in [0.1, 0.15) is 24.3 Å². The van der Waals surface area contributed by atoms with Gasteiger partial charge in [-0.05, 0) is 18.9 Å². The lowest BCUT2D eigenvalue weighted by Crippen LogP contribution is -2.03. The Kier molecular flexibility index (Phi) is 3.19. The van der Waals surface area contributed by atoms with E-state index in [4.69, 9.17) is 9.47 Å². The van der Waals surface area contributed by atoms with Gasteiger partial charge in [-0.3, -0.25) is 0 Å². The third-order valence-corrected chi connectivity index (χ3v) is 2.42. The van der Waals surface area contributed by atoms with Crippen LogP contribution in [0.25, 0.3) is 0 Å². The zero-order chi connectivity index (χ0) is 10.7. The quantitative estimate of drug-likeness (QED) is 0.705. The monoisotopic (exact) mass is 204 g/mol. The van der Waals surface area contributed by atoms with Crippen LogP contribution in [0.2, 0.25) is 0 Å². The molecule has 1 heterocycles. The summed E-state index contributed by atoms with van der Waals surface area (Å²) in [5.41, 5.74) is 3.54. The first-order valence-corrected chi connectivity index (χ1v) is 5.23. The molecule has 0 radical (unpaired) electrons. The van der Waals surface area contributed by atoms with Crippen molar-refractivity contribution in [1.29, 1.82) is 0 Å². The summed E-state index contributed by atoms with van der Waals surface area (Å²) in [5, 5.41) is 0. The average molecular weight is 204 g/mol. The minimum atomic E-state index is -0.180. The van der Waals surface area contributed by atoms with Gasteiger partial charge in [-0.1, -0.05) is 36.4 Å². The molecule has 2 heteroatoms. The van der Waals surface area contributed by atoms with E-state index in [1.165, 1.54) is 5.56 Å². The standard InChI is InChI=1S/C13H16O2/c1-10(2)9-11-5-3-4-6-12(11)13-14-7-8-15-13/h3-6,13H,1,7-9H2,2H3. The molecule has 0 bridgehead atoms. The molecule has 0 atom stereocenters. The molecule has 0 N–H and O–H groups in total. The lowest BCUT2D eigenvalue weighted by atomic mass is 10.0. The van der Waals surface area contributed by atoms with Gasteiger partial charge in [0.05, 0.1) is 13.2 Å². The van der Waals surface area contributed by atoms with E-state index in [-0.39, 0.29) is 6.29 Å². The van der Waals surface area contributed by atoms with Crippen LogP contribution in [0.5, 0.6) is 0 Å². The Hall–Kier alpha value is -1.12. The maximum atomic E-state index is 5.51. The van der Waals surface area contributed by atoms with Crippen LogP contribution in [0, 0.1) is 0 Å². The van der Waals surface area contributed by atoms with E-state index >= 15 is 0 Å². The molecule has 2 rings (SSSR count). The van der Waals surface area contributed by atoms with Gasteiger partial charge in [-0.15, -0.1) is 0 Å². The molecule has 15 heavy (non-hydrogen) atoms. The highest BCUT2D eigenvalue weighted by Gasteiger charge is 2.20. The molecule has 1 aromatic carbocycles. The summed E-state index contributed by atoms with van der Waals surface area (Å²) >= 11 is 0. The van der Waals surface area contributed by atoms with Crippen molar-refractivity contribution in [2.45, 2.75) is 19.6 Å². The van der Waals surface area contributed by atoms with Crippen LogP contribution >= 0.6 is 0 Å². The molecule has 0 unspecified atom stereocenters. The Morgan fingerprint density at radius 1 is 1.33 bits per heavy atom. The largest absolute Gasteiger partial charge is 0.346 e. The number of allylic oxidation sites excluding steroid dienone is 1. The Balaban J connectivity index is 2.24. The smallest absolute Gasteiger partial charge is 0.184 e. The van der Waals surface area contributed by atoms with Gasteiger partial charge >= 0.3 is 0 Å². The molecule has 1 aliphatic rings. The minimum Gasteiger partial charge on any atom is -0.346 e. The zero-order valence-electron chi connectivity index (χ0n) is 9.03. The average Bonchev–Trinajstić information content (AvgIpc) is 2.70. The highest BCUT2D eigenvalue weighted by Crippen LogP contribution is 2.27. The van der Waals surface area contributed by atoms with Crippen molar-refractivity contribution >= 4 is 0 Å². The predicted molar refractivity (Wildman–Crippen MR) is 59.6 cm³/mol. The van der Waals surface area contributed by atoms with Gasteiger partial charge in [-0.2, -0.15) is 0 Å². The fraction of sp³-hybridized carbons (Fsp3) is 0.385. The third-order valence-electron chi connectivity index (χ3n) is 2.42. The first-order chi connectivity index (χ1) is 7.27. The van der Waals surface area contributed by atoms with Gasteiger partial charge < -0.3 is 9.47 Å². The van der Waals surface area contributed by atoms with Crippen molar-refractivity contribution in [1.82, 2.24) is 0 Å². The summed E-state index contributed by atoms with van der Waals surface area (Å²) < 4.78 is 11.0. The lowest BCUT2D eigenvalue weighted by Gasteiger charge is -2.14. The molecule has 0 aliphatic carbocycles. The molecule has 1 saturated heterocycles. The zero-order valence-corrected chi connectivity index (χ0v) is 9.03. The molecular formula is C13H16O2. The van der Waals surface area contributed by atoms with E-state index in [1.54, 1.807) is 0 Å². The Labute approximate surface area is 90.5 Å². The van der Waals surface area contributed by atoms with Crippen LogP contribution in [-0.4, -0.2) is 13.2 Å². The van der Waals surface area contributed by atoms with Gasteiger partial charge in [0.1, 0.15) is 0 Å². The molecule has 0 spiro atoms. The van der Waals surface area contributed by atoms with Gasteiger partial charge in [-0.25, -0.2) is 0 Å². The van der Waals surface area contributed by atoms with E-state index in [0.29, 0.717) is 13.2 Å². The van der Waals surface area contributed by atoms with Gasteiger partial charge in [0.25, 0.3) is 0 Å². The molecule has 0 aromatic heterocycles. The van der Waals surface area contributed by atoms with Crippen LogP contribution in [0.15, 0.2) is 36.4 Å².